The van der Waals surface area contributed by atoms with Crippen LogP contribution in [0.2, 0.25) is 0 Å². The van der Waals surface area contributed by atoms with Gasteiger partial charge in [0.2, 0.25) is 0 Å². The fraction of sp³-hybridized carbons (Fsp3) is 1.00. The number of nitrogens with two attached hydrogens (primary N) is 1. The maximum atomic E-state index is 5.70. The second-order valence-corrected chi connectivity index (χ2v) is 4.19. The molecule has 2 aliphatic rings. The highest BCUT2D eigenvalue weighted by atomic mass is 16.5. The number of nitrogens with zero attached hydrogens (tertiary/aromatic N) is 1. The zero-order valence-electron chi connectivity index (χ0n) is 8.41. The largest absolute Gasteiger partial charge is 0.380 e. The Labute approximate surface area is 80.2 Å². The molecule has 0 aromatic rings. The van der Waals surface area contributed by atoms with Crippen molar-refractivity contribution in [2.24, 2.45) is 5.73 Å². The third kappa shape index (κ3) is 1.60. The summed E-state index contributed by atoms with van der Waals surface area (Å²) < 4.78 is 5.49. The monoisotopic (exact) mass is 184 g/mol. The summed E-state index contributed by atoms with van der Waals surface area (Å²) in [4.78, 5) is 2.54. The van der Waals surface area contributed by atoms with Gasteiger partial charge < -0.3 is 10.5 Å². The van der Waals surface area contributed by atoms with Gasteiger partial charge >= 0.3 is 0 Å². The van der Waals surface area contributed by atoms with Gasteiger partial charge in [-0.3, -0.25) is 4.90 Å². The summed E-state index contributed by atoms with van der Waals surface area (Å²) >= 11 is 0. The van der Waals surface area contributed by atoms with Crippen molar-refractivity contribution in [2.75, 3.05) is 20.2 Å². The van der Waals surface area contributed by atoms with E-state index in [2.05, 4.69) is 4.90 Å². The normalized spacial score (nSPS) is 40.6. The van der Waals surface area contributed by atoms with Gasteiger partial charge in [0.15, 0.2) is 0 Å². The third-order valence-corrected chi connectivity index (χ3v) is 3.61. The molecule has 0 aromatic carbocycles. The zero-order chi connectivity index (χ0) is 9.26. The number of hydrogen-bond donors (Lipinski definition) is 1. The van der Waals surface area contributed by atoms with E-state index < -0.39 is 0 Å². The molecule has 76 valence electrons. The van der Waals surface area contributed by atoms with Crippen molar-refractivity contribution in [2.45, 2.75) is 43.9 Å². The fourth-order valence-corrected chi connectivity index (χ4v) is 2.71. The Kier molecular flexibility index (Phi) is 2.86. The van der Waals surface area contributed by atoms with Crippen molar-refractivity contribution >= 4 is 0 Å². The molecule has 0 bridgehead atoms. The van der Waals surface area contributed by atoms with Crippen LogP contribution < -0.4 is 5.73 Å². The molecule has 3 heteroatoms. The van der Waals surface area contributed by atoms with Gasteiger partial charge in [0, 0.05) is 32.3 Å². The molecule has 0 spiro atoms. The van der Waals surface area contributed by atoms with E-state index >= 15 is 0 Å². The first kappa shape index (κ1) is 9.44. The quantitative estimate of drug-likeness (QED) is 0.697. The standard InChI is InChI=1S/C10H20N2O/c1-13-10-4-2-3-9(10)12-6-5-8(12)7-11/h8-10H,2-7,11H2,1H3. The molecule has 1 aliphatic heterocycles. The summed E-state index contributed by atoms with van der Waals surface area (Å²) in [7, 11) is 1.83. The first-order valence-corrected chi connectivity index (χ1v) is 5.35. The van der Waals surface area contributed by atoms with Gasteiger partial charge in [0.1, 0.15) is 0 Å². The lowest BCUT2D eigenvalue weighted by atomic mass is 9.98. The van der Waals surface area contributed by atoms with E-state index in [1.165, 1.54) is 32.2 Å². The van der Waals surface area contributed by atoms with Gasteiger partial charge in [-0.05, 0) is 25.7 Å². The lowest BCUT2D eigenvalue weighted by Gasteiger charge is -2.46. The van der Waals surface area contributed by atoms with Crippen LogP contribution in [0.4, 0.5) is 0 Å². The van der Waals surface area contributed by atoms with Crippen LogP contribution in [0.15, 0.2) is 0 Å². The first-order chi connectivity index (χ1) is 6.36. The predicted molar refractivity (Wildman–Crippen MR) is 52.6 cm³/mol. The van der Waals surface area contributed by atoms with E-state index in [9.17, 15) is 0 Å². The van der Waals surface area contributed by atoms with Crippen molar-refractivity contribution < 1.29 is 4.74 Å². The van der Waals surface area contributed by atoms with Crippen LogP contribution in [0.1, 0.15) is 25.7 Å². The van der Waals surface area contributed by atoms with Gasteiger partial charge in [0.05, 0.1) is 6.10 Å². The molecule has 1 saturated carbocycles. The van der Waals surface area contributed by atoms with Crippen molar-refractivity contribution in [3.63, 3.8) is 0 Å². The zero-order valence-corrected chi connectivity index (χ0v) is 8.41. The van der Waals surface area contributed by atoms with E-state index in [0.29, 0.717) is 18.2 Å². The van der Waals surface area contributed by atoms with Crippen LogP contribution in [0.5, 0.6) is 0 Å². The van der Waals surface area contributed by atoms with Crippen LogP contribution in [0.3, 0.4) is 0 Å². The summed E-state index contributed by atoms with van der Waals surface area (Å²) in [6.45, 7) is 2.04. The summed E-state index contributed by atoms with van der Waals surface area (Å²) in [5.74, 6) is 0. The molecule has 3 nitrogen and oxygen atoms in total. The maximum absolute atomic E-state index is 5.70. The van der Waals surface area contributed by atoms with E-state index in [-0.39, 0.29) is 0 Å². The smallest absolute Gasteiger partial charge is 0.0726 e. The number of methoxy groups -OCH3 is 1. The summed E-state index contributed by atoms with van der Waals surface area (Å²) in [6.07, 6.45) is 5.60. The molecule has 0 amide bonds. The second kappa shape index (κ2) is 3.95. The van der Waals surface area contributed by atoms with Gasteiger partial charge in [-0.15, -0.1) is 0 Å². The molecule has 2 fully saturated rings. The van der Waals surface area contributed by atoms with Crippen LogP contribution in [0, 0.1) is 0 Å². The van der Waals surface area contributed by atoms with Gasteiger partial charge in [0.25, 0.3) is 0 Å². The molecular formula is C10H20N2O. The average molecular weight is 184 g/mol. The van der Waals surface area contributed by atoms with E-state index in [1.807, 2.05) is 7.11 Å². The van der Waals surface area contributed by atoms with Crippen molar-refractivity contribution in [3.8, 4) is 0 Å². The first-order valence-electron chi connectivity index (χ1n) is 5.35. The van der Waals surface area contributed by atoms with Gasteiger partial charge in [-0.2, -0.15) is 0 Å². The van der Waals surface area contributed by atoms with E-state index in [4.69, 9.17) is 10.5 Å². The lowest BCUT2D eigenvalue weighted by molar-refractivity contribution is -0.0250. The minimum absolute atomic E-state index is 0.467. The molecule has 3 atom stereocenters. The minimum Gasteiger partial charge on any atom is -0.380 e. The molecule has 0 aromatic heterocycles. The molecule has 1 saturated heterocycles. The van der Waals surface area contributed by atoms with Crippen LogP contribution in [0.25, 0.3) is 0 Å². The van der Waals surface area contributed by atoms with Crippen molar-refractivity contribution in [3.05, 3.63) is 0 Å². The van der Waals surface area contributed by atoms with E-state index in [0.717, 1.165) is 6.54 Å². The Morgan fingerprint density at radius 2 is 2.23 bits per heavy atom. The summed E-state index contributed by atoms with van der Waals surface area (Å²) in [5.41, 5.74) is 5.70. The summed E-state index contributed by atoms with van der Waals surface area (Å²) in [6, 6.07) is 1.30. The van der Waals surface area contributed by atoms with Crippen LogP contribution in [-0.4, -0.2) is 43.3 Å². The molecule has 0 radical (unpaired) electrons. The topological polar surface area (TPSA) is 38.5 Å². The Morgan fingerprint density at radius 1 is 1.38 bits per heavy atom. The summed E-state index contributed by atoms with van der Waals surface area (Å²) in [5, 5.41) is 0. The Hall–Kier alpha value is -0.120. The molecule has 13 heavy (non-hydrogen) atoms. The lowest BCUT2D eigenvalue weighted by Crippen LogP contribution is -2.58. The number of ether oxygens (including phenoxy) is 1. The molecule has 1 aliphatic carbocycles. The molecule has 2 rings (SSSR count). The highest BCUT2D eigenvalue weighted by molar-refractivity contribution is 4.95. The Balaban J connectivity index is 1.92. The number of rotatable bonds is 3. The number of hydrogen-bond acceptors (Lipinski definition) is 3. The van der Waals surface area contributed by atoms with Crippen molar-refractivity contribution in [1.82, 2.24) is 4.90 Å². The number of likely N-dealkylation sites (tertiary alicyclic amines) is 1. The molecule has 2 N–H and O–H groups in total. The molecule has 3 unspecified atom stereocenters. The van der Waals surface area contributed by atoms with Gasteiger partial charge in [-0.1, -0.05) is 0 Å². The molecule has 1 heterocycles. The predicted octanol–water partition coefficient (Wildman–Crippen LogP) is 0.587. The maximum Gasteiger partial charge on any atom is 0.0726 e. The highest BCUT2D eigenvalue weighted by Crippen LogP contribution is 2.32. The Morgan fingerprint density at radius 3 is 2.77 bits per heavy atom. The van der Waals surface area contributed by atoms with Crippen molar-refractivity contribution in [1.29, 1.82) is 0 Å². The SMILES string of the molecule is COC1CCCC1N1CCC1CN. The highest BCUT2D eigenvalue weighted by Gasteiger charge is 2.39. The molecular weight excluding hydrogens is 164 g/mol. The van der Waals surface area contributed by atoms with Crippen LogP contribution >= 0.6 is 0 Å². The minimum atomic E-state index is 0.467. The van der Waals surface area contributed by atoms with Crippen LogP contribution in [-0.2, 0) is 4.74 Å². The second-order valence-electron chi connectivity index (χ2n) is 4.19. The Bertz CT molecular complexity index is 172. The van der Waals surface area contributed by atoms with E-state index in [1.54, 1.807) is 0 Å². The average Bonchev–Trinajstić information content (AvgIpc) is 2.51. The third-order valence-electron chi connectivity index (χ3n) is 3.61. The van der Waals surface area contributed by atoms with Gasteiger partial charge in [-0.25, -0.2) is 0 Å². The fourth-order valence-electron chi connectivity index (χ4n) is 2.71.